The van der Waals surface area contributed by atoms with Crippen LogP contribution >= 0.6 is 0 Å². The second-order valence-electron chi connectivity index (χ2n) is 9.01. The van der Waals surface area contributed by atoms with Crippen molar-refractivity contribution < 1.29 is 0 Å². The van der Waals surface area contributed by atoms with E-state index in [9.17, 15) is 0 Å². The van der Waals surface area contributed by atoms with Crippen LogP contribution in [-0.2, 0) is 5.41 Å². The number of hydrogen-bond acceptors (Lipinski definition) is 3. The van der Waals surface area contributed by atoms with Crippen LogP contribution in [0.4, 0.5) is 0 Å². The van der Waals surface area contributed by atoms with Crippen LogP contribution in [-0.4, -0.2) is 19.5 Å². The third-order valence-corrected chi connectivity index (χ3v) is 6.49. The van der Waals surface area contributed by atoms with Crippen LogP contribution in [0.1, 0.15) is 25.2 Å². The SMILES string of the molecule is CC(C)(c1ccccc1)c1nc(-c2ccccc2)nc(-n2c3ccccc3c3ccccc32)n1. The summed E-state index contributed by atoms with van der Waals surface area (Å²) in [5.74, 6) is 2.04. The van der Waals surface area contributed by atoms with E-state index in [0.717, 1.165) is 28.0 Å². The van der Waals surface area contributed by atoms with Gasteiger partial charge in [-0.15, -0.1) is 0 Å². The highest BCUT2D eigenvalue weighted by atomic mass is 15.2. The maximum atomic E-state index is 5.09. The Balaban J connectivity index is 1.67. The van der Waals surface area contributed by atoms with E-state index < -0.39 is 5.41 Å². The van der Waals surface area contributed by atoms with Crippen LogP contribution in [0.3, 0.4) is 0 Å². The van der Waals surface area contributed by atoms with Gasteiger partial charge in [0.2, 0.25) is 5.95 Å². The van der Waals surface area contributed by atoms with Crippen LogP contribution in [0.2, 0.25) is 0 Å². The molecule has 0 aliphatic heterocycles. The van der Waals surface area contributed by atoms with Gasteiger partial charge in [0, 0.05) is 21.8 Å². The summed E-state index contributed by atoms with van der Waals surface area (Å²) in [6.45, 7) is 4.34. The summed E-state index contributed by atoms with van der Waals surface area (Å²) in [5.41, 5.74) is 3.89. The number of para-hydroxylation sites is 2. The van der Waals surface area contributed by atoms with E-state index in [1.165, 1.54) is 10.8 Å². The summed E-state index contributed by atoms with van der Waals surface area (Å²) in [7, 11) is 0. The zero-order chi connectivity index (χ0) is 23.1. The fourth-order valence-electron chi connectivity index (χ4n) is 4.58. The van der Waals surface area contributed by atoms with Gasteiger partial charge in [-0.3, -0.25) is 4.57 Å². The zero-order valence-corrected chi connectivity index (χ0v) is 19.2. The van der Waals surface area contributed by atoms with Gasteiger partial charge in [0.1, 0.15) is 5.82 Å². The standard InChI is InChI=1S/C30H24N4/c1-30(2,22-15-7-4-8-16-22)28-31-27(21-13-5-3-6-14-21)32-29(33-28)34-25-19-11-9-17-23(25)24-18-10-12-20-26(24)34/h3-20H,1-2H3. The molecule has 0 atom stereocenters. The fraction of sp³-hybridized carbons (Fsp3) is 0.100. The molecular weight excluding hydrogens is 416 g/mol. The van der Waals surface area contributed by atoms with Crippen molar-refractivity contribution in [3.05, 3.63) is 121 Å². The van der Waals surface area contributed by atoms with E-state index in [0.29, 0.717) is 11.8 Å². The maximum absolute atomic E-state index is 5.09. The zero-order valence-electron chi connectivity index (χ0n) is 19.2. The molecule has 0 aliphatic rings. The van der Waals surface area contributed by atoms with Gasteiger partial charge < -0.3 is 0 Å². The van der Waals surface area contributed by atoms with E-state index in [-0.39, 0.29) is 0 Å². The van der Waals surface area contributed by atoms with Crippen molar-refractivity contribution >= 4 is 21.8 Å². The summed E-state index contributed by atoms with van der Waals surface area (Å²) in [6.07, 6.45) is 0. The van der Waals surface area contributed by atoms with Gasteiger partial charge in [-0.25, -0.2) is 4.98 Å². The molecule has 0 N–H and O–H groups in total. The Bertz CT molecular complexity index is 1560. The lowest BCUT2D eigenvalue weighted by atomic mass is 9.84. The number of benzene rings is 4. The number of aromatic nitrogens is 4. The second-order valence-corrected chi connectivity index (χ2v) is 9.01. The molecule has 4 heteroatoms. The van der Waals surface area contributed by atoms with E-state index >= 15 is 0 Å². The minimum atomic E-state index is -0.402. The molecule has 0 saturated heterocycles. The lowest BCUT2D eigenvalue weighted by Crippen LogP contribution is -2.24. The first-order chi connectivity index (χ1) is 16.6. The van der Waals surface area contributed by atoms with Crippen molar-refractivity contribution in [2.75, 3.05) is 0 Å². The Morgan fingerprint density at radius 1 is 0.559 bits per heavy atom. The van der Waals surface area contributed by atoms with Gasteiger partial charge in [-0.2, -0.15) is 9.97 Å². The van der Waals surface area contributed by atoms with Crippen molar-refractivity contribution in [3.8, 4) is 17.3 Å². The highest BCUT2D eigenvalue weighted by Gasteiger charge is 2.29. The molecule has 34 heavy (non-hydrogen) atoms. The molecule has 0 aliphatic carbocycles. The average molecular weight is 441 g/mol. The lowest BCUT2D eigenvalue weighted by Gasteiger charge is -2.24. The van der Waals surface area contributed by atoms with Crippen LogP contribution in [0.5, 0.6) is 0 Å². The first-order valence-electron chi connectivity index (χ1n) is 11.5. The van der Waals surface area contributed by atoms with Crippen LogP contribution in [0.15, 0.2) is 109 Å². The molecule has 164 valence electrons. The Morgan fingerprint density at radius 2 is 1.09 bits per heavy atom. The first kappa shape index (κ1) is 20.3. The van der Waals surface area contributed by atoms with E-state index in [1.807, 2.05) is 36.4 Å². The Morgan fingerprint density at radius 3 is 1.71 bits per heavy atom. The predicted molar refractivity (Wildman–Crippen MR) is 138 cm³/mol. The largest absolute Gasteiger partial charge is 0.278 e. The monoisotopic (exact) mass is 440 g/mol. The maximum Gasteiger partial charge on any atom is 0.238 e. The third kappa shape index (κ3) is 3.27. The second kappa shape index (κ2) is 7.92. The molecule has 2 heterocycles. The number of rotatable bonds is 4. The van der Waals surface area contributed by atoms with Crippen molar-refractivity contribution in [3.63, 3.8) is 0 Å². The van der Waals surface area contributed by atoms with E-state index in [2.05, 4.69) is 91.2 Å². The van der Waals surface area contributed by atoms with Gasteiger partial charge in [0.15, 0.2) is 5.82 Å². The average Bonchev–Trinajstić information content (AvgIpc) is 3.24. The van der Waals surface area contributed by atoms with Crippen molar-refractivity contribution in [2.24, 2.45) is 0 Å². The molecule has 4 aromatic carbocycles. The Labute approximate surface area is 198 Å². The van der Waals surface area contributed by atoms with E-state index in [1.54, 1.807) is 0 Å². The highest BCUT2D eigenvalue weighted by Crippen LogP contribution is 2.34. The van der Waals surface area contributed by atoms with Crippen molar-refractivity contribution in [1.82, 2.24) is 19.5 Å². The number of hydrogen-bond donors (Lipinski definition) is 0. The Hall–Kier alpha value is -4.31. The molecule has 6 aromatic rings. The molecule has 0 saturated carbocycles. The molecule has 0 radical (unpaired) electrons. The van der Waals surface area contributed by atoms with E-state index in [4.69, 9.17) is 15.0 Å². The van der Waals surface area contributed by atoms with Crippen molar-refractivity contribution in [1.29, 1.82) is 0 Å². The van der Waals surface area contributed by atoms with Crippen molar-refractivity contribution in [2.45, 2.75) is 19.3 Å². The normalized spacial score (nSPS) is 11.8. The molecular formula is C30H24N4. The van der Waals surface area contributed by atoms with Gasteiger partial charge in [-0.05, 0) is 31.5 Å². The molecule has 0 bridgehead atoms. The van der Waals surface area contributed by atoms with Gasteiger partial charge in [0.05, 0.1) is 11.0 Å². The summed E-state index contributed by atoms with van der Waals surface area (Å²) in [4.78, 5) is 15.1. The molecule has 6 rings (SSSR count). The highest BCUT2D eigenvalue weighted by molar-refractivity contribution is 6.08. The molecule has 0 amide bonds. The third-order valence-electron chi connectivity index (χ3n) is 6.49. The lowest BCUT2D eigenvalue weighted by molar-refractivity contribution is 0.584. The molecule has 2 aromatic heterocycles. The van der Waals surface area contributed by atoms with Crippen LogP contribution in [0, 0.1) is 0 Å². The molecule has 4 nitrogen and oxygen atoms in total. The fourth-order valence-corrected chi connectivity index (χ4v) is 4.58. The molecule has 0 fully saturated rings. The van der Waals surface area contributed by atoms with Gasteiger partial charge in [-0.1, -0.05) is 97.1 Å². The Kier molecular flexibility index (Phi) is 4.73. The van der Waals surface area contributed by atoms with Crippen LogP contribution < -0.4 is 0 Å². The quantitative estimate of drug-likeness (QED) is 0.297. The summed E-state index contributed by atoms with van der Waals surface area (Å²) in [6, 6.07) is 37.4. The molecule has 0 unspecified atom stereocenters. The first-order valence-corrected chi connectivity index (χ1v) is 11.5. The minimum Gasteiger partial charge on any atom is -0.278 e. The molecule has 0 spiro atoms. The van der Waals surface area contributed by atoms with Crippen LogP contribution in [0.25, 0.3) is 39.1 Å². The van der Waals surface area contributed by atoms with Gasteiger partial charge in [0.25, 0.3) is 0 Å². The number of nitrogens with zero attached hydrogens (tertiary/aromatic N) is 4. The van der Waals surface area contributed by atoms with Gasteiger partial charge >= 0.3 is 0 Å². The smallest absolute Gasteiger partial charge is 0.238 e. The predicted octanol–water partition coefficient (Wildman–Crippen LogP) is 6.96. The summed E-state index contributed by atoms with van der Waals surface area (Å²) < 4.78 is 2.16. The summed E-state index contributed by atoms with van der Waals surface area (Å²) in [5, 5.41) is 2.37. The number of fused-ring (bicyclic) bond motifs is 3. The topological polar surface area (TPSA) is 43.6 Å². The minimum absolute atomic E-state index is 0.402. The summed E-state index contributed by atoms with van der Waals surface area (Å²) >= 11 is 0.